The van der Waals surface area contributed by atoms with Crippen molar-refractivity contribution >= 4 is 23.2 Å². The second kappa shape index (κ2) is 8.92. The largest absolute Gasteiger partial charge is 0.416 e. The van der Waals surface area contributed by atoms with Crippen LogP contribution in [0.3, 0.4) is 0 Å². The molecule has 0 aliphatic rings. The fourth-order valence-corrected chi connectivity index (χ4v) is 2.17. The van der Waals surface area contributed by atoms with Crippen LogP contribution in [-0.2, 0) is 11.0 Å². The average Bonchev–Trinajstić information content (AvgIpc) is 2.66. The van der Waals surface area contributed by atoms with E-state index in [9.17, 15) is 27.9 Å². The van der Waals surface area contributed by atoms with Gasteiger partial charge in [0.25, 0.3) is 5.91 Å². The zero-order valence-electron chi connectivity index (χ0n) is 14.4. The first-order chi connectivity index (χ1) is 13.2. The number of aliphatic hydroxyl groups excluding tert-OH is 1. The number of hydrazine groups is 1. The lowest BCUT2D eigenvalue weighted by Crippen LogP contribution is -2.42. The SMILES string of the molecule is C#CC(O)CC(=O)NNC(=O)c1ccccc1Nc1ccc(C(F)(F)F)cc1. The van der Waals surface area contributed by atoms with E-state index in [0.717, 1.165) is 12.1 Å². The van der Waals surface area contributed by atoms with E-state index in [1.165, 1.54) is 18.2 Å². The van der Waals surface area contributed by atoms with Gasteiger partial charge in [-0.2, -0.15) is 13.2 Å². The number of hydrogen-bond donors (Lipinski definition) is 4. The van der Waals surface area contributed by atoms with Crippen molar-refractivity contribution in [2.24, 2.45) is 0 Å². The molecule has 0 radical (unpaired) electrons. The monoisotopic (exact) mass is 391 g/mol. The van der Waals surface area contributed by atoms with Gasteiger partial charge in [-0.15, -0.1) is 6.42 Å². The van der Waals surface area contributed by atoms with Crippen molar-refractivity contribution in [2.75, 3.05) is 5.32 Å². The molecule has 0 saturated carbocycles. The Labute approximate surface area is 158 Å². The molecule has 4 N–H and O–H groups in total. The van der Waals surface area contributed by atoms with Crippen molar-refractivity contribution in [3.8, 4) is 12.3 Å². The summed E-state index contributed by atoms with van der Waals surface area (Å²) in [6, 6.07) is 10.5. The molecule has 6 nitrogen and oxygen atoms in total. The topological polar surface area (TPSA) is 90.5 Å². The second-order valence-electron chi connectivity index (χ2n) is 5.63. The lowest BCUT2D eigenvalue weighted by atomic mass is 10.1. The van der Waals surface area contributed by atoms with E-state index in [0.29, 0.717) is 11.4 Å². The van der Waals surface area contributed by atoms with Crippen LogP contribution in [0, 0.1) is 12.3 Å². The fraction of sp³-hybridized carbons (Fsp3) is 0.158. The molecule has 0 aromatic heterocycles. The van der Waals surface area contributed by atoms with Crippen LogP contribution < -0.4 is 16.2 Å². The highest BCUT2D eigenvalue weighted by atomic mass is 19.4. The third kappa shape index (κ3) is 5.75. The highest BCUT2D eigenvalue weighted by Crippen LogP contribution is 2.30. The van der Waals surface area contributed by atoms with Gasteiger partial charge in [0.05, 0.1) is 23.2 Å². The Morgan fingerprint density at radius 3 is 2.32 bits per heavy atom. The summed E-state index contributed by atoms with van der Waals surface area (Å²) in [7, 11) is 0. The van der Waals surface area contributed by atoms with Gasteiger partial charge >= 0.3 is 6.18 Å². The number of halogens is 3. The number of amides is 2. The van der Waals surface area contributed by atoms with Crippen LogP contribution in [0.4, 0.5) is 24.5 Å². The van der Waals surface area contributed by atoms with E-state index in [1.807, 2.05) is 5.92 Å². The Hall–Kier alpha value is -3.51. The number of para-hydroxylation sites is 1. The van der Waals surface area contributed by atoms with Gasteiger partial charge in [0.15, 0.2) is 0 Å². The number of aliphatic hydroxyl groups is 1. The molecule has 0 bridgehead atoms. The number of terminal acetylenes is 1. The molecule has 2 rings (SSSR count). The lowest BCUT2D eigenvalue weighted by Gasteiger charge is -2.14. The predicted octanol–water partition coefficient (Wildman–Crippen LogP) is 2.59. The third-order valence-electron chi connectivity index (χ3n) is 3.55. The van der Waals surface area contributed by atoms with Crippen LogP contribution in [-0.4, -0.2) is 23.0 Å². The molecule has 0 aliphatic heterocycles. The molecular weight excluding hydrogens is 375 g/mol. The fourth-order valence-electron chi connectivity index (χ4n) is 2.17. The van der Waals surface area contributed by atoms with Crippen LogP contribution in [0.25, 0.3) is 0 Å². The Balaban J connectivity index is 2.07. The third-order valence-corrected chi connectivity index (χ3v) is 3.55. The van der Waals surface area contributed by atoms with E-state index < -0.39 is 29.7 Å². The Bertz CT molecular complexity index is 890. The summed E-state index contributed by atoms with van der Waals surface area (Å²) in [5.74, 6) is 0.610. The Kier molecular flexibility index (Phi) is 6.63. The van der Waals surface area contributed by atoms with Gasteiger partial charge in [-0.3, -0.25) is 20.4 Å². The van der Waals surface area contributed by atoms with E-state index >= 15 is 0 Å². The highest BCUT2D eigenvalue weighted by Gasteiger charge is 2.30. The molecule has 0 saturated heterocycles. The molecule has 2 aromatic rings. The Morgan fingerprint density at radius 1 is 1.07 bits per heavy atom. The first-order valence-corrected chi connectivity index (χ1v) is 7.97. The first-order valence-electron chi connectivity index (χ1n) is 7.97. The zero-order chi connectivity index (χ0) is 20.7. The van der Waals surface area contributed by atoms with Crippen molar-refractivity contribution in [1.82, 2.24) is 10.9 Å². The summed E-state index contributed by atoms with van der Waals surface area (Å²) in [6.45, 7) is 0. The van der Waals surface area contributed by atoms with Gasteiger partial charge in [-0.1, -0.05) is 18.1 Å². The van der Waals surface area contributed by atoms with Crippen molar-refractivity contribution in [2.45, 2.75) is 18.7 Å². The van der Waals surface area contributed by atoms with Gasteiger partial charge in [0.2, 0.25) is 5.91 Å². The van der Waals surface area contributed by atoms with Crippen LogP contribution in [0.5, 0.6) is 0 Å². The minimum Gasteiger partial charge on any atom is -0.380 e. The molecule has 28 heavy (non-hydrogen) atoms. The molecule has 146 valence electrons. The lowest BCUT2D eigenvalue weighted by molar-refractivity contribution is -0.137. The standard InChI is InChI=1S/C19H16F3N3O3/c1-2-14(26)11-17(27)24-25-18(28)15-5-3-4-6-16(15)23-13-9-7-12(8-10-13)19(20,21)22/h1,3-10,14,23,26H,11H2,(H,24,27)(H,25,28). The van der Waals surface area contributed by atoms with Crippen LogP contribution in [0.1, 0.15) is 22.3 Å². The number of rotatable bonds is 5. The normalized spacial score (nSPS) is 11.8. The molecule has 0 heterocycles. The summed E-state index contributed by atoms with van der Waals surface area (Å²) in [6.07, 6.45) is -1.15. The van der Waals surface area contributed by atoms with Crippen molar-refractivity contribution in [3.63, 3.8) is 0 Å². The van der Waals surface area contributed by atoms with Crippen LogP contribution >= 0.6 is 0 Å². The van der Waals surface area contributed by atoms with E-state index in [2.05, 4.69) is 16.2 Å². The molecule has 0 spiro atoms. The molecule has 2 amide bonds. The van der Waals surface area contributed by atoms with Crippen molar-refractivity contribution in [3.05, 3.63) is 59.7 Å². The average molecular weight is 391 g/mol. The molecule has 0 aliphatic carbocycles. The minimum atomic E-state index is -4.44. The summed E-state index contributed by atoms with van der Waals surface area (Å²) in [5, 5.41) is 12.1. The van der Waals surface area contributed by atoms with E-state index in [4.69, 9.17) is 6.42 Å². The number of carbonyl (C=O) groups excluding carboxylic acids is 2. The van der Waals surface area contributed by atoms with Gasteiger partial charge < -0.3 is 10.4 Å². The van der Waals surface area contributed by atoms with Gasteiger partial charge in [-0.05, 0) is 36.4 Å². The number of benzene rings is 2. The molecule has 1 unspecified atom stereocenters. The minimum absolute atomic E-state index is 0.139. The maximum Gasteiger partial charge on any atom is 0.416 e. The molecule has 9 heteroatoms. The quantitative estimate of drug-likeness (QED) is 0.466. The van der Waals surface area contributed by atoms with Crippen LogP contribution in [0.15, 0.2) is 48.5 Å². The molecule has 1 atom stereocenters. The van der Waals surface area contributed by atoms with E-state index in [-0.39, 0.29) is 12.0 Å². The number of hydrogen-bond acceptors (Lipinski definition) is 4. The summed E-state index contributed by atoms with van der Waals surface area (Å²) in [4.78, 5) is 23.8. The van der Waals surface area contributed by atoms with Gasteiger partial charge in [0.1, 0.15) is 6.10 Å². The molecule has 0 fully saturated rings. The maximum absolute atomic E-state index is 12.6. The number of anilines is 2. The van der Waals surface area contributed by atoms with Crippen molar-refractivity contribution < 1.29 is 27.9 Å². The van der Waals surface area contributed by atoms with Gasteiger partial charge in [-0.25, -0.2) is 0 Å². The second-order valence-corrected chi connectivity index (χ2v) is 5.63. The summed E-state index contributed by atoms with van der Waals surface area (Å²) in [5.41, 5.74) is 4.30. The Morgan fingerprint density at radius 2 is 1.71 bits per heavy atom. The number of alkyl halides is 3. The molecule has 2 aromatic carbocycles. The number of nitrogens with one attached hydrogen (secondary N) is 3. The van der Waals surface area contributed by atoms with Crippen LogP contribution in [0.2, 0.25) is 0 Å². The first kappa shape index (κ1) is 20.8. The summed E-state index contributed by atoms with van der Waals surface area (Å²) < 4.78 is 37.9. The van der Waals surface area contributed by atoms with E-state index in [1.54, 1.807) is 18.2 Å². The van der Waals surface area contributed by atoms with Crippen molar-refractivity contribution in [1.29, 1.82) is 0 Å². The predicted molar refractivity (Wildman–Crippen MR) is 96.2 cm³/mol. The maximum atomic E-state index is 12.6. The van der Waals surface area contributed by atoms with Gasteiger partial charge in [0, 0.05) is 5.69 Å². The number of carbonyl (C=O) groups is 2. The smallest absolute Gasteiger partial charge is 0.380 e. The summed E-state index contributed by atoms with van der Waals surface area (Å²) >= 11 is 0. The molecular formula is C19H16F3N3O3. The highest BCUT2D eigenvalue weighted by molar-refractivity contribution is 6.01. The zero-order valence-corrected chi connectivity index (χ0v) is 14.4.